The van der Waals surface area contributed by atoms with Gasteiger partial charge in [0.2, 0.25) is 5.91 Å². The molecule has 1 fully saturated rings. The lowest BCUT2D eigenvalue weighted by Gasteiger charge is -2.24. The van der Waals surface area contributed by atoms with E-state index in [4.69, 9.17) is 0 Å². The third kappa shape index (κ3) is 2.65. The quantitative estimate of drug-likeness (QED) is 0.752. The number of fused-ring (bicyclic) bond motifs is 1. The van der Waals surface area contributed by atoms with Gasteiger partial charge in [0.1, 0.15) is 5.82 Å². The molecule has 2 aromatic heterocycles. The Labute approximate surface area is 151 Å². The number of amides is 2. The number of para-hydroxylation sites is 1. The average Bonchev–Trinajstić information content (AvgIpc) is 3.33. The maximum Gasteiger partial charge on any atom is 0.253 e. The standard InChI is InChI=1S/C19H21N5O2/c1-23-9-8-21-18(23)17-13(10-15(25)24(17)2)11-22-19(26)14-5-3-4-12-6-7-20-16(12)14/h3-9,13,17,20H,10-11H2,1-2H3,(H,22,26)/t13-,17+/m0/s1. The maximum absolute atomic E-state index is 12.7. The van der Waals surface area contributed by atoms with Gasteiger partial charge in [-0.15, -0.1) is 0 Å². The van der Waals surface area contributed by atoms with Gasteiger partial charge in [-0.2, -0.15) is 0 Å². The number of imidazole rings is 1. The number of H-pyrrole nitrogens is 1. The molecule has 7 heteroatoms. The molecule has 7 nitrogen and oxygen atoms in total. The minimum atomic E-state index is -0.140. The molecule has 1 saturated heterocycles. The SMILES string of the molecule is CN1C(=O)C[C@@H](CNC(=O)c2cccc3cc[nH]c23)[C@@H]1c1nccn1C. The van der Waals surface area contributed by atoms with Gasteiger partial charge in [-0.1, -0.05) is 12.1 Å². The number of likely N-dealkylation sites (tertiary alicyclic amines) is 1. The Kier molecular flexibility index (Phi) is 3.99. The van der Waals surface area contributed by atoms with E-state index < -0.39 is 0 Å². The number of hydrogen-bond donors (Lipinski definition) is 2. The highest BCUT2D eigenvalue weighted by atomic mass is 16.2. The molecular weight excluding hydrogens is 330 g/mol. The van der Waals surface area contributed by atoms with E-state index in [0.29, 0.717) is 18.5 Å². The molecule has 3 aromatic rings. The van der Waals surface area contributed by atoms with E-state index in [0.717, 1.165) is 16.7 Å². The molecule has 0 unspecified atom stereocenters. The van der Waals surface area contributed by atoms with Gasteiger partial charge in [0.15, 0.2) is 0 Å². The Balaban J connectivity index is 1.53. The summed E-state index contributed by atoms with van der Waals surface area (Å²) in [7, 11) is 3.71. The molecule has 2 N–H and O–H groups in total. The summed E-state index contributed by atoms with van der Waals surface area (Å²) < 4.78 is 1.92. The van der Waals surface area contributed by atoms with Crippen molar-refractivity contribution >= 4 is 22.7 Å². The van der Waals surface area contributed by atoms with Crippen LogP contribution in [0, 0.1) is 5.92 Å². The fourth-order valence-corrected chi connectivity index (χ4v) is 3.77. The molecule has 1 aliphatic rings. The topological polar surface area (TPSA) is 83.0 Å². The Morgan fingerprint density at radius 3 is 2.96 bits per heavy atom. The van der Waals surface area contributed by atoms with E-state index in [9.17, 15) is 9.59 Å². The third-order valence-electron chi connectivity index (χ3n) is 5.17. The minimum absolute atomic E-state index is 0.0135. The predicted molar refractivity (Wildman–Crippen MR) is 97.5 cm³/mol. The van der Waals surface area contributed by atoms with Crippen LogP contribution in [0.15, 0.2) is 42.9 Å². The van der Waals surface area contributed by atoms with Gasteiger partial charge in [-0.25, -0.2) is 4.98 Å². The van der Waals surface area contributed by atoms with Crippen molar-refractivity contribution in [3.05, 3.63) is 54.2 Å². The van der Waals surface area contributed by atoms with Crippen molar-refractivity contribution in [2.45, 2.75) is 12.5 Å². The molecule has 134 valence electrons. The first-order chi connectivity index (χ1) is 12.6. The van der Waals surface area contributed by atoms with Crippen LogP contribution in [-0.4, -0.2) is 44.8 Å². The van der Waals surface area contributed by atoms with Gasteiger partial charge in [0, 0.05) is 57.0 Å². The number of hydrogen-bond acceptors (Lipinski definition) is 3. The van der Waals surface area contributed by atoms with E-state index in [1.54, 1.807) is 24.2 Å². The van der Waals surface area contributed by atoms with E-state index in [-0.39, 0.29) is 23.8 Å². The van der Waals surface area contributed by atoms with Crippen molar-refractivity contribution in [3.8, 4) is 0 Å². The highest BCUT2D eigenvalue weighted by Gasteiger charge is 2.40. The summed E-state index contributed by atoms with van der Waals surface area (Å²) in [6.07, 6.45) is 5.82. The molecule has 4 rings (SSSR count). The average molecular weight is 351 g/mol. The van der Waals surface area contributed by atoms with Crippen LogP contribution in [0.3, 0.4) is 0 Å². The van der Waals surface area contributed by atoms with E-state index in [1.165, 1.54) is 0 Å². The molecule has 3 heterocycles. The highest BCUT2D eigenvalue weighted by Crippen LogP contribution is 2.35. The Morgan fingerprint density at radius 2 is 2.19 bits per heavy atom. The molecule has 2 amide bonds. The highest BCUT2D eigenvalue weighted by molar-refractivity contribution is 6.05. The van der Waals surface area contributed by atoms with Crippen molar-refractivity contribution in [1.29, 1.82) is 0 Å². The van der Waals surface area contributed by atoms with Gasteiger partial charge in [0.05, 0.1) is 17.1 Å². The van der Waals surface area contributed by atoms with Gasteiger partial charge >= 0.3 is 0 Å². The van der Waals surface area contributed by atoms with Crippen LogP contribution in [0.5, 0.6) is 0 Å². The molecule has 2 atom stereocenters. The summed E-state index contributed by atoms with van der Waals surface area (Å²) in [5, 5.41) is 4.00. The first-order valence-corrected chi connectivity index (χ1v) is 8.63. The van der Waals surface area contributed by atoms with Gasteiger partial charge in [-0.3, -0.25) is 9.59 Å². The lowest BCUT2D eigenvalue weighted by molar-refractivity contribution is -0.127. The van der Waals surface area contributed by atoms with Crippen LogP contribution >= 0.6 is 0 Å². The first-order valence-electron chi connectivity index (χ1n) is 8.63. The largest absolute Gasteiger partial charge is 0.361 e. The van der Waals surface area contributed by atoms with Gasteiger partial charge in [-0.05, 0) is 12.1 Å². The zero-order chi connectivity index (χ0) is 18.3. The van der Waals surface area contributed by atoms with Crippen molar-refractivity contribution in [2.24, 2.45) is 13.0 Å². The second-order valence-electron chi connectivity index (χ2n) is 6.77. The second-order valence-corrected chi connectivity index (χ2v) is 6.77. The zero-order valence-electron chi connectivity index (χ0n) is 14.8. The Hall–Kier alpha value is -3.09. The number of aryl methyl sites for hydroxylation is 1. The monoisotopic (exact) mass is 351 g/mol. The van der Waals surface area contributed by atoms with E-state index in [1.807, 2.05) is 42.2 Å². The molecule has 0 spiro atoms. The molecule has 1 aliphatic heterocycles. The molecule has 0 radical (unpaired) electrons. The molecular formula is C19H21N5O2. The van der Waals surface area contributed by atoms with Gasteiger partial charge < -0.3 is 19.8 Å². The summed E-state index contributed by atoms with van der Waals surface area (Å²) in [6, 6.07) is 7.44. The van der Waals surface area contributed by atoms with Crippen molar-refractivity contribution < 1.29 is 9.59 Å². The van der Waals surface area contributed by atoms with Crippen LogP contribution < -0.4 is 5.32 Å². The summed E-state index contributed by atoms with van der Waals surface area (Å²) in [4.78, 5) is 34.2. The lowest BCUT2D eigenvalue weighted by atomic mass is 9.99. The zero-order valence-corrected chi connectivity index (χ0v) is 14.8. The number of carbonyl (C=O) groups excluding carboxylic acids is 2. The Morgan fingerprint density at radius 1 is 1.35 bits per heavy atom. The van der Waals surface area contributed by atoms with Crippen LogP contribution in [0.1, 0.15) is 28.6 Å². The smallest absolute Gasteiger partial charge is 0.253 e. The van der Waals surface area contributed by atoms with E-state index in [2.05, 4.69) is 15.3 Å². The summed E-state index contributed by atoms with van der Waals surface area (Å²) >= 11 is 0. The number of benzene rings is 1. The normalized spacial score (nSPS) is 20.1. The van der Waals surface area contributed by atoms with Crippen molar-refractivity contribution in [1.82, 2.24) is 24.8 Å². The summed E-state index contributed by atoms with van der Waals surface area (Å²) in [5.74, 6) is 0.756. The van der Waals surface area contributed by atoms with Crippen molar-refractivity contribution in [3.63, 3.8) is 0 Å². The van der Waals surface area contributed by atoms with E-state index >= 15 is 0 Å². The molecule has 0 aliphatic carbocycles. The molecule has 0 bridgehead atoms. The fraction of sp³-hybridized carbons (Fsp3) is 0.316. The number of carbonyl (C=O) groups is 2. The number of nitrogens with zero attached hydrogens (tertiary/aromatic N) is 3. The summed E-state index contributed by atoms with van der Waals surface area (Å²) in [5.41, 5.74) is 1.43. The van der Waals surface area contributed by atoms with Crippen LogP contribution in [0.25, 0.3) is 10.9 Å². The fourth-order valence-electron chi connectivity index (χ4n) is 3.77. The number of rotatable bonds is 4. The lowest BCUT2D eigenvalue weighted by Crippen LogP contribution is -2.33. The summed E-state index contributed by atoms with van der Waals surface area (Å²) in [6.45, 7) is 0.420. The molecule has 26 heavy (non-hydrogen) atoms. The maximum atomic E-state index is 12.7. The number of aromatic nitrogens is 3. The molecule has 0 saturated carbocycles. The predicted octanol–water partition coefficient (Wildman–Crippen LogP) is 1.85. The second kappa shape index (κ2) is 6.33. The number of nitrogens with one attached hydrogen (secondary N) is 2. The minimum Gasteiger partial charge on any atom is -0.361 e. The van der Waals surface area contributed by atoms with Crippen LogP contribution in [-0.2, 0) is 11.8 Å². The van der Waals surface area contributed by atoms with Crippen LogP contribution in [0.2, 0.25) is 0 Å². The Bertz CT molecular complexity index is 973. The van der Waals surface area contributed by atoms with Gasteiger partial charge in [0.25, 0.3) is 5.91 Å². The molecule has 1 aromatic carbocycles. The third-order valence-corrected chi connectivity index (χ3v) is 5.17. The number of aromatic amines is 1. The van der Waals surface area contributed by atoms with Crippen LogP contribution in [0.4, 0.5) is 0 Å². The first kappa shape index (κ1) is 16.4. The van der Waals surface area contributed by atoms with Crippen molar-refractivity contribution in [2.75, 3.05) is 13.6 Å².